The largest absolute Gasteiger partial charge is 0.366 e. The van der Waals surface area contributed by atoms with E-state index < -0.39 is 15.3 Å². The number of rotatable bonds is 3. The van der Waals surface area contributed by atoms with Crippen molar-refractivity contribution in [3.63, 3.8) is 0 Å². The normalized spacial score (nSPS) is 29.3. The van der Waals surface area contributed by atoms with Crippen LogP contribution in [0.15, 0.2) is 42.5 Å². The number of benzene rings is 2. The van der Waals surface area contributed by atoms with Crippen LogP contribution in [0.1, 0.15) is 41.4 Å². The molecular weight excluding hydrogens is 394 g/mol. The maximum atomic E-state index is 13.1. The Morgan fingerprint density at radius 1 is 0.967 bits per heavy atom. The monoisotopic (exact) mass is 427 g/mol. The average molecular weight is 428 g/mol. The minimum absolute atomic E-state index is 0.0187. The lowest BCUT2D eigenvalue weighted by Crippen LogP contribution is -2.58. The van der Waals surface area contributed by atoms with Crippen LogP contribution in [0.3, 0.4) is 0 Å². The van der Waals surface area contributed by atoms with Gasteiger partial charge in [0, 0.05) is 37.3 Å². The summed E-state index contributed by atoms with van der Waals surface area (Å²) in [5.74, 6) is -0.0187. The molecule has 30 heavy (non-hydrogen) atoms. The first-order valence-corrected chi connectivity index (χ1v) is 12.4. The zero-order valence-corrected chi connectivity index (χ0v) is 19.4. The van der Waals surface area contributed by atoms with Gasteiger partial charge in [-0.3, -0.25) is 4.90 Å². The van der Waals surface area contributed by atoms with E-state index in [0.29, 0.717) is 6.04 Å². The number of hydrogen-bond donors (Lipinski definition) is 1. The Kier molecular flexibility index (Phi) is 5.68. The van der Waals surface area contributed by atoms with Gasteiger partial charge in [-0.25, -0.2) is 8.42 Å². The van der Waals surface area contributed by atoms with Gasteiger partial charge in [0.15, 0.2) is 0 Å². The molecule has 1 N–H and O–H groups in total. The highest BCUT2D eigenvalue weighted by molar-refractivity contribution is 7.90. The zero-order valence-electron chi connectivity index (χ0n) is 18.6. The predicted molar refractivity (Wildman–Crippen MR) is 123 cm³/mol. The number of anilines is 1. The lowest BCUT2D eigenvalue weighted by Gasteiger charge is -2.44. The molecule has 0 saturated carbocycles. The lowest BCUT2D eigenvalue weighted by atomic mass is 9.94. The molecule has 2 aromatic rings. The number of nitrogens with one attached hydrogen (secondary N) is 1. The van der Waals surface area contributed by atoms with Crippen molar-refractivity contribution >= 4 is 15.7 Å². The number of sulfonamides is 1. The number of hydrogen-bond acceptors (Lipinski definition) is 4. The topological polar surface area (TPSA) is 52.6 Å². The van der Waals surface area contributed by atoms with E-state index in [-0.39, 0.29) is 12.1 Å². The van der Waals surface area contributed by atoms with Crippen LogP contribution in [0, 0.1) is 26.7 Å². The first kappa shape index (κ1) is 21.3. The quantitative estimate of drug-likeness (QED) is 0.810. The van der Waals surface area contributed by atoms with Gasteiger partial charge in [-0.2, -0.15) is 4.72 Å². The highest BCUT2D eigenvalue weighted by Crippen LogP contribution is 2.40. The standard InChI is InChI=1S/C24H33N3O2S/c1-16-7-6-8-22(13-16)27-12-11-26(15-19(27)4)24-20(5)23(30(28,29)25-24)21-10-9-17(2)18(3)14-21/h6-10,13-14,19-20,23-25H,11-12,15H2,1-5H3. The molecule has 5 nitrogen and oxygen atoms in total. The molecule has 0 bridgehead atoms. The highest BCUT2D eigenvalue weighted by atomic mass is 32.2. The van der Waals surface area contributed by atoms with E-state index in [2.05, 4.69) is 66.5 Å². The summed E-state index contributed by atoms with van der Waals surface area (Å²) < 4.78 is 29.2. The molecule has 2 saturated heterocycles. The number of piperazine rings is 1. The third kappa shape index (κ3) is 3.88. The second-order valence-electron chi connectivity index (χ2n) is 9.11. The molecule has 0 amide bonds. The maximum Gasteiger partial charge on any atom is 0.220 e. The second kappa shape index (κ2) is 7.98. The predicted octanol–water partition coefficient (Wildman–Crippen LogP) is 3.76. The lowest BCUT2D eigenvalue weighted by molar-refractivity contribution is 0.124. The van der Waals surface area contributed by atoms with Crippen LogP contribution >= 0.6 is 0 Å². The molecule has 162 valence electrons. The first-order chi connectivity index (χ1) is 14.2. The van der Waals surface area contributed by atoms with Gasteiger partial charge in [-0.15, -0.1) is 0 Å². The summed E-state index contributed by atoms with van der Waals surface area (Å²) in [5.41, 5.74) is 5.73. The molecule has 0 aromatic heterocycles. The first-order valence-electron chi connectivity index (χ1n) is 10.8. The van der Waals surface area contributed by atoms with Gasteiger partial charge in [0.2, 0.25) is 10.0 Å². The van der Waals surface area contributed by atoms with E-state index >= 15 is 0 Å². The van der Waals surface area contributed by atoms with Gasteiger partial charge >= 0.3 is 0 Å². The Bertz CT molecular complexity index is 1040. The summed E-state index contributed by atoms with van der Waals surface area (Å²) in [5, 5.41) is -0.507. The van der Waals surface area contributed by atoms with Gasteiger partial charge in [-0.05, 0) is 62.1 Å². The van der Waals surface area contributed by atoms with Gasteiger partial charge in [-0.1, -0.05) is 37.3 Å². The number of aryl methyl sites for hydroxylation is 3. The van der Waals surface area contributed by atoms with Crippen molar-refractivity contribution in [2.45, 2.75) is 52.1 Å². The van der Waals surface area contributed by atoms with E-state index in [4.69, 9.17) is 0 Å². The minimum atomic E-state index is -3.41. The van der Waals surface area contributed by atoms with Crippen LogP contribution in [0.2, 0.25) is 0 Å². The summed E-state index contributed by atoms with van der Waals surface area (Å²) >= 11 is 0. The van der Waals surface area contributed by atoms with Gasteiger partial charge in [0.1, 0.15) is 5.25 Å². The zero-order chi connectivity index (χ0) is 21.6. The van der Waals surface area contributed by atoms with Gasteiger partial charge in [0.05, 0.1) is 6.17 Å². The minimum Gasteiger partial charge on any atom is -0.366 e. The molecular formula is C24H33N3O2S. The van der Waals surface area contributed by atoms with Crippen molar-refractivity contribution in [3.05, 3.63) is 64.7 Å². The second-order valence-corrected chi connectivity index (χ2v) is 10.9. The Hall–Kier alpha value is -1.89. The fraction of sp³-hybridized carbons (Fsp3) is 0.500. The van der Waals surface area contributed by atoms with Gasteiger partial charge in [0.25, 0.3) is 0 Å². The van der Waals surface area contributed by atoms with Crippen molar-refractivity contribution in [2.24, 2.45) is 5.92 Å². The SMILES string of the molecule is Cc1cccc(N2CCN(C3NS(=O)(=O)C(c4ccc(C)c(C)c4)C3C)CC2C)c1. The van der Waals surface area contributed by atoms with Gasteiger partial charge < -0.3 is 4.90 Å². The molecule has 0 spiro atoms. The summed E-state index contributed by atoms with van der Waals surface area (Å²) in [4.78, 5) is 4.75. The van der Waals surface area contributed by atoms with Crippen molar-refractivity contribution in [1.82, 2.24) is 9.62 Å². The van der Waals surface area contributed by atoms with Crippen molar-refractivity contribution in [3.8, 4) is 0 Å². The van der Waals surface area contributed by atoms with E-state index in [1.54, 1.807) is 0 Å². The highest BCUT2D eigenvalue weighted by Gasteiger charge is 2.48. The van der Waals surface area contributed by atoms with E-state index in [1.807, 2.05) is 25.1 Å². The van der Waals surface area contributed by atoms with Crippen LogP contribution < -0.4 is 9.62 Å². The molecule has 4 atom stereocenters. The molecule has 2 aliphatic rings. The van der Waals surface area contributed by atoms with E-state index in [1.165, 1.54) is 16.8 Å². The fourth-order valence-electron chi connectivity index (χ4n) is 5.06. The Morgan fingerprint density at radius 3 is 2.40 bits per heavy atom. The molecule has 2 fully saturated rings. The van der Waals surface area contributed by atoms with Crippen molar-refractivity contribution < 1.29 is 8.42 Å². The third-order valence-corrected chi connectivity index (χ3v) is 8.78. The van der Waals surface area contributed by atoms with Crippen LogP contribution in [0.4, 0.5) is 5.69 Å². The van der Waals surface area contributed by atoms with Crippen LogP contribution in [0.5, 0.6) is 0 Å². The molecule has 2 aromatic carbocycles. The maximum absolute atomic E-state index is 13.1. The molecule has 4 unspecified atom stereocenters. The summed E-state index contributed by atoms with van der Waals surface area (Å²) in [6.45, 7) is 13.1. The van der Waals surface area contributed by atoms with Crippen molar-refractivity contribution in [1.29, 1.82) is 0 Å². The molecule has 2 aliphatic heterocycles. The summed E-state index contributed by atoms with van der Waals surface area (Å²) in [6.07, 6.45) is -0.163. The van der Waals surface area contributed by atoms with Crippen molar-refractivity contribution in [2.75, 3.05) is 24.5 Å². The van der Waals surface area contributed by atoms with E-state index in [0.717, 1.165) is 30.8 Å². The average Bonchev–Trinajstić information content (AvgIpc) is 2.93. The van der Waals surface area contributed by atoms with E-state index in [9.17, 15) is 8.42 Å². The molecule has 6 heteroatoms. The fourth-order valence-corrected chi connectivity index (χ4v) is 7.12. The van der Waals surface area contributed by atoms with Crippen LogP contribution in [-0.4, -0.2) is 45.2 Å². The Balaban J connectivity index is 1.53. The smallest absolute Gasteiger partial charge is 0.220 e. The third-order valence-electron chi connectivity index (χ3n) is 6.84. The molecule has 2 heterocycles. The summed E-state index contributed by atoms with van der Waals surface area (Å²) in [7, 11) is -3.41. The van der Waals surface area contributed by atoms with Crippen LogP contribution in [0.25, 0.3) is 0 Å². The van der Waals surface area contributed by atoms with Crippen LogP contribution in [-0.2, 0) is 10.0 Å². The number of nitrogens with zero attached hydrogens (tertiary/aromatic N) is 2. The molecule has 0 aliphatic carbocycles. The molecule has 0 radical (unpaired) electrons. The molecule has 4 rings (SSSR count). The Morgan fingerprint density at radius 2 is 1.73 bits per heavy atom. The summed E-state index contributed by atoms with van der Waals surface area (Å²) in [6, 6.07) is 15.0. The Labute approximate surface area is 181 Å².